The predicted octanol–water partition coefficient (Wildman–Crippen LogP) is 3.86. The van der Waals surface area contributed by atoms with Gasteiger partial charge in [0, 0.05) is 24.4 Å². The number of pyridine rings is 1. The van der Waals surface area contributed by atoms with E-state index in [2.05, 4.69) is 20.0 Å². The number of fused-ring (bicyclic) bond motifs is 1. The molecule has 0 fully saturated rings. The predicted molar refractivity (Wildman–Crippen MR) is 125 cm³/mol. The lowest BCUT2D eigenvalue weighted by Gasteiger charge is -2.16. The Balaban J connectivity index is 1.94. The number of hydrogen-bond acceptors (Lipinski definition) is 7. The van der Waals surface area contributed by atoms with Crippen molar-refractivity contribution in [2.24, 2.45) is 0 Å². The van der Waals surface area contributed by atoms with Gasteiger partial charge >= 0.3 is 6.61 Å². The SMILES string of the molecule is CCOc1cnc2cc(C3=C/C(=C/NC)C(=N)C=C3)c(=O)n(-c3ccc(OC(F)F)cc3)c2n1. The number of nitrogens with one attached hydrogen (secondary N) is 2. The molecule has 34 heavy (non-hydrogen) atoms. The Hall–Kier alpha value is -4.34. The Morgan fingerprint density at radius 3 is 2.68 bits per heavy atom. The Bertz CT molecular complexity index is 1390. The highest BCUT2D eigenvalue weighted by Gasteiger charge is 2.18. The van der Waals surface area contributed by atoms with Crippen LogP contribution in [0.15, 0.2) is 71.3 Å². The molecule has 0 amide bonds. The van der Waals surface area contributed by atoms with Crippen molar-refractivity contribution in [3.8, 4) is 17.3 Å². The van der Waals surface area contributed by atoms with Gasteiger partial charge in [-0.25, -0.2) is 4.98 Å². The minimum absolute atomic E-state index is 0.0355. The summed E-state index contributed by atoms with van der Waals surface area (Å²) < 4.78 is 36.3. The highest BCUT2D eigenvalue weighted by atomic mass is 19.3. The van der Waals surface area contributed by atoms with E-state index in [0.29, 0.717) is 40.2 Å². The number of allylic oxidation sites excluding steroid dienone is 5. The largest absolute Gasteiger partial charge is 0.477 e. The third-order valence-corrected chi connectivity index (χ3v) is 4.96. The first-order chi connectivity index (χ1) is 16.4. The molecule has 2 aromatic heterocycles. The molecule has 0 unspecified atom stereocenters. The van der Waals surface area contributed by atoms with Crippen LogP contribution >= 0.6 is 0 Å². The van der Waals surface area contributed by atoms with Crippen molar-refractivity contribution in [3.05, 3.63) is 82.4 Å². The van der Waals surface area contributed by atoms with E-state index in [9.17, 15) is 13.6 Å². The number of nitrogens with zero attached hydrogens (tertiary/aromatic N) is 3. The molecular weight excluding hydrogens is 444 g/mol. The molecule has 1 aliphatic carbocycles. The van der Waals surface area contributed by atoms with Crippen LogP contribution in [0, 0.1) is 5.41 Å². The summed E-state index contributed by atoms with van der Waals surface area (Å²) in [6.45, 7) is -0.785. The minimum atomic E-state index is -2.96. The minimum Gasteiger partial charge on any atom is -0.477 e. The standard InChI is InChI=1S/C24H21F2N5O3/c1-3-33-21-13-29-20-11-18(14-4-9-19(27)15(10-14)12-28-2)23(32)31(22(20)30-21)16-5-7-17(8-6-16)34-24(25)26/h4-13,24,27-28H,3H2,1-2H3/b15-12-,27-19?. The van der Waals surface area contributed by atoms with Crippen LogP contribution in [-0.2, 0) is 0 Å². The van der Waals surface area contributed by atoms with Gasteiger partial charge in [-0.2, -0.15) is 13.8 Å². The molecule has 2 heterocycles. The highest BCUT2D eigenvalue weighted by Crippen LogP contribution is 2.25. The van der Waals surface area contributed by atoms with E-state index in [1.807, 2.05) is 0 Å². The summed E-state index contributed by atoms with van der Waals surface area (Å²) in [6.07, 6.45) is 8.16. The fourth-order valence-electron chi connectivity index (χ4n) is 3.50. The monoisotopic (exact) mass is 465 g/mol. The van der Waals surface area contributed by atoms with Gasteiger partial charge < -0.3 is 20.2 Å². The maximum absolute atomic E-state index is 13.7. The van der Waals surface area contributed by atoms with Crippen LogP contribution in [0.2, 0.25) is 0 Å². The third kappa shape index (κ3) is 4.56. The molecule has 0 aliphatic heterocycles. The molecule has 0 spiro atoms. The topological polar surface area (TPSA) is 102 Å². The molecule has 0 radical (unpaired) electrons. The lowest BCUT2D eigenvalue weighted by molar-refractivity contribution is -0.0498. The van der Waals surface area contributed by atoms with Crippen LogP contribution in [0.5, 0.6) is 11.6 Å². The zero-order valence-corrected chi connectivity index (χ0v) is 18.4. The normalized spacial score (nSPS) is 14.6. The number of benzene rings is 1. The van der Waals surface area contributed by atoms with Gasteiger partial charge in [-0.15, -0.1) is 0 Å². The lowest BCUT2D eigenvalue weighted by atomic mass is 9.96. The number of alkyl halides is 2. The number of rotatable bonds is 7. The van der Waals surface area contributed by atoms with Crippen molar-refractivity contribution in [1.82, 2.24) is 19.9 Å². The smallest absolute Gasteiger partial charge is 0.387 e. The summed E-state index contributed by atoms with van der Waals surface area (Å²) in [5, 5.41) is 11.0. The zero-order chi connectivity index (χ0) is 24.2. The molecule has 1 aromatic carbocycles. The van der Waals surface area contributed by atoms with Gasteiger partial charge in [0.2, 0.25) is 5.88 Å². The van der Waals surface area contributed by atoms with Gasteiger partial charge in [-0.05, 0) is 55.0 Å². The Labute approximate surface area is 193 Å². The van der Waals surface area contributed by atoms with E-state index in [0.717, 1.165) is 0 Å². The van der Waals surface area contributed by atoms with E-state index in [1.165, 1.54) is 35.0 Å². The number of aromatic nitrogens is 3. The second-order valence-electron chi connectivity index (χ2n) is 7.16. The zero-order valence-electron chi connectivity index (χ0n) is 18.4. The van der Waals surface area contributed by atoms with E-state index in [-0.39, 0.29) is 17.3 Å². The van der Waals surface area contributed by atoms with Gasteiger partial charge in [0.15, 0.2) is 5.65 Å². The fraction of sp³-hybridized carbons (Fsp3) is 0.167. The van der Waals surface area contributed by atoms with Crippen molar-refractivity contribution >= 4 is 22.4 Å². The molecular formula is C24H21F2N5O3. The molecule has 0 saturated heterocycles. The van der Waals surface area contributed by atoms with E-state index < -0.39 is 12.2 Å². The summed E-state index contributed by atoms with van der Waals surface area (Å²) in [5.74, 6) is 0.213. The Morgan fingerprint density at radius 2 is 2.00 bits per heavy atom. The second-order valence-corrected chi connectivity index (χ2v) is 7.16. The summed E-state index contributed by atoms with van der Waals surface area (Å²) in [5.41, 5.74) is 2.51. The van der Waals surface area contributed by atoms with Crippen molar-refractivity contribution in [3.63, 3.8) is 0 Å². The van der Waals surface area contributed by atoms with E-state index >= 15 is 0 Å². The first kappa shape index (κ1) is 22.8. The number of halogens is 2. The van der Waals surface area contributed by atoms with Crippen LogP contribution < -0.4 is 20.3 Å². The first-order valence-electron chi connectivity index (χ1n) is 10.4. The van der Waals surface area contributed by atoms with Crippen molar-refractivity contribution in [2.75, 3.05) is 13.7 Å². The maximum Gasteiger partial charge on any atom is 0.387 e. The summed E-state index contributed by atoms with van der Waals surface area (Å²) in [7, 11) is 1.72. The molecule has 0 bridgehead atoms. The summed E-state index contributed by atoms with van der Waals surface area (Å²) >= 11 is 0. The van der Waals surface area contributed by atoms with Crippen LogP contribution in [0.4, 0.5) is 8.78 Å². The average Bonchev–Trinajstić information content (AvgIpc) is 2.81. The lowest BCUT2D eigenvalue weighted by Crippen LogP contribution is -2.24. The molecule has 0 saturated carbocycles. The van der Waals surface area contributed by atoms with Gasteiger partial charge in [-0.3, -0.25) is 9.36 Å². The van der Waals surface area contributed by atoms with Crippen molar-refractivity contribution in [1.29, 1.82) is 5.41 Å². The molecule has 0 atom stereocenters. The molecule has 4 rings (SSSR count). The van der Waals surface area contributed by atoms with Gasteiger partial charge in [0.25, 0.3) is 5.56 Å². The Morgan fingerprint density at radius 1 is 1.24 bits per heavy atom. The van der Waals surface area contributed by atoms with Gasteiger partial charge in [0.05, 0.1) is 24.2 Å². The molecule has 10 heteroatoms. The third-order valence-electron chi connectivity index (χ3n) is 4.96. The highest BCUT2D eigenvalue weighted by molar-refractivity contribution is 6.13. The molecule has 8 nitrogen and oxygen atoms in total. The fourth-order valence-corrected chi connectivity index (χ4v) is 3.50. The number of hydrogen-bond donors (Lipinski definition) is 2. The summed E-state index contributed by atoms with van der Waals surface area (Å²) in [6, 6.07) is 7.31. The van der Waals surface area contributed by atoms with Crippen LogP contribution in [-0.4, -0.2) is 40.5 Å². The molecule has 2 N–H and O–H groups in total. The number of ether oxygens (including phenoxy) is 2. The molecule has 3 aromatic rings. The second kappa shape index (κ2) is 9.65. The maximum atomic E-state index is 13.7. The van der Waals surface area contributed by atoms with Crippen LogP contribution in [0.3, 0.4) is 0 Å². The first-order valence-corrected chi connectivity index (χ1v) is 10.4. The quantitative estimate of drug-likeness (QED) is 0.550. The van der Waals surface area contributed by atoms with Crippen molar-refractivity contribution in [2.45, 2.75) is 13.5 Å². The molecule has 174 valence electrons. The van der Waals surface area contributed by atoms with Crippen molar-refractivity contribution < 1.29 is 18.3 Å². The molecule has 1 aliphatic rings. The summed E-state index contributed by atoms with van der Waals surface area (Å²) in [4.78, 5) is 22.6. The van der Waals surface area contributed by atoms with Gasteiger partial charge in [0.1, 0.15) is 11.3 Å². The van der Waals surface area contributed by atoms with E-state index in [4.69, 9.17) is 10.1 Å². The van der Waals surface area contributed by atoms with E-state index in [1.54, 1.807) is 44.5 Å². The van der Waals surface area contributed by atoms with Crippen LogP contribution in [0.25, 0.3) is 22.4 Å². The average molecular weight is 465 g/mol. The van der Waals surface area contributed by atoms with Crippen LogP contribution in [0.1, 0.15) is 12.5 Å². The Kier molecular flexibility index (Phi) is 6.48. The van der Waals surface area contributed by atoms with Gasteiger partial charge in [-0.1, -0.05) is 6.08 Å².